The Bertz CT molecular complexity index is 327. The van der Waals surface area contributed by atoms with Gasteiger partial charge in [0.25, 0.3) is 0 Å². The Morgan fingerprint density at radius 2 is 1.82 bits per heavy atom. The first-order valence-corrected chi connectivity index (χ1v) is 6.42. The first kappa shape index (κ1) is 14.2. The molecule has 1 rings (SSSR count). The lowest BCUT2D eigenvalue weighted by Crippen LogP contribution is -2.41. The number of nitrogens with one attached hydrogen (secondary N) is 1. The second-order valence-corrected chi connectivity index (χ2v) is 4.69. The highest BCUT2D eigenvalue weighted by molar-refractivity contribution is 5.27. The highest BCUT2D eigenvalue weighted by Gasteiger charge is 2.32. The third-order valence-electron chi connectivity index (χ3n) is 3.79. The Hall–Kier alpha value is -0.860. The summed E-state index contributed by atoms with van der Waals surface area (Å²) in [6.07, 6.45) is 2.06. The fourth-order valence-electron chi connectivity index (χ4n) is 2.24. The van der Waals surface area contributed by atoms with Gasteiger partial charge in [0.15, 0.2) is 0 Å². The molecule has 0 amide bonds. The Balaban J connectivity index is 3.00. The van der Waals surface area contributed by atoms with Crippen LogP contribution in [0.25, 0.3) is 0 Å². The molecule has 17 heavy (non-hydrogen) atoms. The van der Waals surface area contributed by atoms with Gasteiger partial charge in [0.1, 0.15) is 0 Å². The SMILES string of the molecule is CCc1ccc(C(NC)C(C)(CC)OC)cc1. The number of ether oxygens (including phenoxy) is 1. The molecule has 0 bridgehead atoms. The minimum atomic E-state index is -0.164. The van der Waals surface area contributed by atoms with Crippen LogP contribution in [-0.4, -0.2) is 19.8 Å². The van der Waals surface area contributed by atoms with Crippen molar-refractivity contribution in [1.29, 1.82) is 0 Å². The Kier molecular flexibility index (Phi) is 5.16. The van der Waals surface area contributed by atoms with E-state index in [9.17, 15) is 0 Å². The summed E-state index contributed by atoms with van der Waals surface area (Å²) >= 11 is 0. The Morgan fingerprint density at radius 3 is 2.18 bits per heavy atom. The summed E-state index contributed by atoms with van der Waals surface area (Å²) in [5.74, 6) is 0. The monoisotopic (exact) mass is 235 g/mol. The van der Waals surface area contributed by atoms with Gasteiger partial charge >= 0.3 is 0 Å². The van der Waals surface area contributed by atoms with Crippen LogP contribution in [0.3, 0.4) is 0 Å². The van der Waals surface area contributed by atoms with Crippen molar-refractivity contribution >= 4 is 0 Å². The molecule has 0 aromatic heterocycles. The molecule has 0 aliphatic carbocycles. The number of hydrogen-bond acceptors (Lipinski definition) is 2. The zero-order chi connectivity index (χ0) is 12.9. The quantitative estimate of drug-likeness (QED) is 0.816. The van der Waals surface area contributed by atoms with E-state index >= 15 is 0 Å². The van der Waals surface area contributed by atoms with Crippen LogP contribution < -0.4 is 5.32 Å². The number of methoxy groups -OCH3 is 1. The van der Waals surface area contributed by atoms with E-state index in [4.69, 9.17) is 4.74 Å². The molecule has 96 valence electrons. The summed E-state index contributed by atoms with van der Waals surface area (Å²) in [5.41, 5.74) is 2.50. The van der Waals surface area contributed by atoms with Crippen molar-refractivity contribution in [1.82, 2.24) is 5.32 Å². The van der Waals surface area contributed by atoms with E-state index in [1.165, 1.54) is 11.1 Å². The Morgan fingerprint density at radius 1 is 1.24 bits per heavy atom. The van der Waals surface area contributed by atoms with Gasteiger partial charge < -0.3 is 10.1 Å². The van der Waals surface area contributed by atoms with Crippen molar-refractivity contribution in [3.05, 3.63) is 35.4 Å². The third kappa shape index (κ3) is 3.08. The summed E-state index contributed by atoms with van der Waals surface area (Å²) in [7, 11) is 3.78. The molecule has 0 radical (unpaired) electrons. The van der Waals surface area contributed by atoms with Crippen molar-refractivity contribution in [3.8, 4) is 0 Å². The van der Waals surface area contributed by atoms with E-state index in [0.29, 0.717) is 0 Å². The van der Waals surface area contributed by atoms with E-state index in [0.717, 1.165) is 12.8 Å². The topological polar surface area (TPSA) is 21.3 Å². The largest absolute Gasteiger partial charge is 0.377 e. The fraction of sp³-hybridized carbons (Fsp3) is 0.600. The lowest BCUT2D eigenvalue weighted by Gasteiger charge is -2.36. The maximum atomic E-state index is 5.69. The lowest BCUT2D eigenvalue weighted by atomic mass is 9.87. The lowest BCUT2D eigenvalue weighted by molar-refractivity contribution is -0.0280. The molecule has 0 saturated heterocycles. The minimum absolute atomic E-state index is 0.164. The van der Waals surface area contributed by atoms with Gasteiger partial charge in [-0.15, -0.1) is 0 Å². The predicted octanol–water partition coefficient (Wildman–Crippen LogP) is 3.32. The van der Waals surface area contributed by atoms with Gasteiger partial charge in [-0.3, -0.25) is 0 Å². The van der Waals surface area contributed by atoms with Crippen LogP contribution >= 0.6 is 0 Å². The van der Waals surface area contributed by atoms with Crippen molar-refractivity contribution < 1.29 is 4.74 Å². The molecule has 0 saturated carbocycles. The van der Waals surface area contributed by atoms with E-state index < -0.39 is 0 Å². The molecule has 2 nitrogen and oxygen atoms in total. The third-order valence-corrected chi connectivity index (χ3v) is 3.79. The van der Waals surface area contributed by atoms with E-state index in [-0.39, 0.29) is 11.6 Å². The molecular weight excluding hydrogens is 210 g/mol. The maximum Gasteiger partial charge on any atom is 0.0841 e. The molecule has 1 N–H and O–H groups in total. The van der Waals surface area contributed by atoms with Gasteiger partial charge in [-0.05, 0) is 37.9 Å². The normalized spacial score (nSPS) is 16.5. The summed E-state index contributed by atoms with van der Waals surface area (Å²) in [5, 5.41) is 3.37. The van der Waals surface area contributed by atoms with E-state index in [2.05, 4.69) is 50.4 Å². The molecule has 2 heteroatoms. The molecule has 0 spiro atoms. The molecule has 2 atom stereocenters. The van der Waals surface area contributed by atoms with Crippen molar-refractivity contribution in [2.75, 3.05) is 14.2 Å². The smallest absolute Gasteiger partial charge is 0.0841 e. The number of hydrogen-bond donors (Lipinski definition) is 1. The molecule has 0 fully saturated rings. The first-order chi connectivity index (χ1) is 8.11. The second-order valence-electron chi connectivity index (χ2n) is 4.69. The minimum Gasteiger partial charge on any atom is -0.377 e. The zero-order valence-electron chi connectivity index (χ0n) is 11.7. The molecule has 2 unspecified atom stereocenters. The molecular formula is C15H25NO. The van der Waals surface area contributed by atoms with Crippen LogP contribution in [0.4, 0.5) is 0 Å². The maximum absolute atomic E-state index is 5.69. The van der Waals surface area contributed by atoms with Crippen LogP contribution in [-0.2, 0) is 11.2 Å². The van der Waals surface area contributed by atoms with Crippen LogP contribution in [0, 0.1) is 0 Å². The molecule has 1 aromatic rings. The molecule has 0 heterocycles. The van der Waals surface area contributed by atoms with Crippen molar-refractivity contribution in [2.45, 2.75) is 45.3 Å². The van der Waals surface area contributed by atoms with Crippen LogP contribution in [0.5, 0.6) is 0 Å². The van der Waals surface area contributed by atoms with Crippen LogP contribution in [0.1, 0.15) is 44.4 Å². The van der Waals surface area contributed by atoms with Gasteiger partial charge in [0.2, 0.25) is 0 Å². The van der Waals surface area contributed by atoms with Gasteiger partial charge in [-0.25, -0.2) is 0 Å². The second kappa shape index (κ2) is 6.18. The Labute approximate surface area is 105 Å². The summed E-state index contributed by atoms with van der Waals surface area (Å²) in [6.45, 7) is 6.49. The zero-order valence-corrected chi connectivity index (χ0v) is 11.7. The highest BCUT2D eigenvalue weighted by Crippen LogP contribution is 2.31. The molecule has 0 aliphatic rings. The van der Waals surface area contributed by atoms with E-state index in [1.807, 2.05) is 7.05 Å². The van der Waals surface area contributed by atoms with Gasteiger partial charge in [-0.1, -0.05) is 38.1 Å². The number of likely N-dealkylation sites (N-methyl/N-ethyl adjacent to an activating group) is 1. The number of benzene rings is 1. The van der Waals surface area contributed by atoms with E-state index in [1.54, 1.807) is 7.11 Å². The van der Waals surface area contributed by atoms with Crippen molar-refractivity contribution in [3.63, 3.8) is 0 Å². The fourth-order valence-corrected chi connectivity index (χ4v) is 2.24. The average Bonchev–Trinajstić information content (AvgIpc) is 2.40. The van der Waals surface area contributed by atoms with Gasteiger partial charge in [0.05, 0.1) is 11.6 Å². The standard InChI is InChI=1S/C15H25NO/c1-6-12-8-10-13(11-9-12)14(16-4)15(3,7-2)17-5/h8-11,14,16H,6-7H2,1-5H3. The average molecular weight is 235 g/mol. The van der Waals surface area contributed by atoms with Gasteiger partial charge in [0, 0.05) is 7.11 Å². The molecule has 1 aromatic carbocycles. The first-order valence-electron chi connectivity index (χ1n) is 6.42. The van der Waals surface area contributed by atoms with Crippen LogP contribution in [0.15, 0.2) is 24.3 Å². The van der Waals surface area contributed by atoms with Crippen LogP contribution in [0.2, 0.25) is 0 Å². The highest BCUT2D eigenvalue weighted by atomic mass is 16.5. The summed E-state index contributed by atoms with van der Waals surface area (Å²) in [4.78, 5) is 0. The number of rotatable bonds is 6. The molecule has 0 aliphatic heterocycles. The number of aryl methyl sites for hydroxylation is 1. The summed E-state index contributed by atoms with van der Waals surface area (Å²) in [6, 6.07) is 9.03. The predicted molar refractivity (Wildman–Crippen MR) is 73.3 cm³/mol. The van der Waals surface area contributed by atoms with Crippen molar-refractivity contribution in [2.24, 2.45) is 0 Å². The summed E-state index contributed by atoms with van der Waals surface area (Å²) < 4.78 is 5.69. The van der Waals surface area contributed by atoms with Gasteiger partial charge in [-0.2, -0.15) is 0 Å².